The number of esters is 1. The van der Waals surface area contributed by atoms with Gasteiger partial charge >= 0.3 is 5.97 Å². The first-order chi connectivity index (χ1) is 14.0. The Balaban J connectivity index is 1.60. The zero-order valence-corrected chi connectivity index (χ0v) is 18.3. The van der Waals surface area contributed by atoms with Gasteiger partial charge in [0, 0.05) is 37.8 Å². The lowest BCUT2D eigenvalue weighted by atomic mass is 9.92. The van der Waals surface area contributed by atoms with Crippen LogP contribution in [0.5, 0.6) is 0 Å². The molecule has 0 unspecified atom stereocenters. The maximum absolute atomic E-state index is 12.6. The molecule has 0 saturated carbocycles. The summed E-state index contributed by atoms with van der Waals surface area (Å²) in [4.78, 5) is 24.4. The number of carbonyl (C=O) groups is 2. The van der Waals surface area contributed by atoms with Crippen LogP contribution >= 0.6 is 0 Å². The summed E-state index contributed by atoms with van der Waals surface area (Å²) >= 11 is 0. The highest BCUT2D eigenvalue weighted by atomic mass is 32.2. The van der Waals surface area contributed by atoms with Crippen molar-refractivity contribution in [1.82, 2.24) is 14.0 Å². The van der Waals surface area contributed by atoms with Crippen molar-refractivity contribution in [2.75, 3.05) is 25.0 Å². The molecule has 164 valence electrons. The van der Waals surface area contributed by atoms with Crippen molar-refractivity contribution in [3.8, 4) is 0 Å². The van der Waals surface area contributed by atoms with Crippen molar-refractivity contribution >= 4 is 27.8 Å². The van der Waals surface area contributed by atoms with Gasteiger partial charge in [0.25, 0.3) is 5.91 Å². The predicted octanol–water partition coefficient (Wildman–Crippen LogP) is 1.89. The van der Waals surface area contributed by atoms with Gasteiger partial charge in [-0.3, -0.25) is 10.1 Å². The number of nitrogens with zero attached hydrogens (tertiary/aromatic N) is 3. The second-order valence-corrected chi connectivity index (χ2v) is 10.2. The first kappa shape index (κ1) is 22.0. The molecule has 1 amide bonds. The minimum absolute atomic E-state index is 0.0275. The van der Waals surface area contributed by atoms with Crippen molar-refractivity contribution in [1.29, 1.82) is 0 Å². The van der Waals surface area contributed by atoms with Crippen LogP contribution in [-0.4, -0.2) is 54.0 Å². The van der Waals surface area contributed by atoms with Crippen molar-refractivity contribution < 1.29 is 27.3 Å². The van der Waals surface area contributed by atoms with Gasteiger partial charge in [-0.15, -0.1) is 0 Å². The number of ether oxygens (including phenoxy) is 1. The van der Waals surface area contributed by atoms with Crippen LogP contribution in [0.3, 0.4) is 0 Å². The van der Waals surface area contributed by atoms with Gasteiger partial charge in [0.1, 0.15) is 10.6 Å². The third-order valence-electron chi connectivity index (χ3n) is 4.77. The summed E-state index contributed by atoms with van der Waals surface area (Å²) in [5, 5.41) is 6.36. The Labute approximate surface area is 175 Å². The zero-order valence-electron chi connectivity index (χ0n) is 17.5. The Kier molecular flexibility index (Phi) is 6.04. The van der Waals surface area contributed by atoms with Gasteiger partial charge in [-0.2, -0.15) is 4.31 Å². The number of sulfonamides is 1. The van der Waals surface area contributed by atoms with E-state index in [1.165, 1.54) is 21.1 Å². The third kappa shape index (κ3) is 4.73. The van der Waals surface area contributed by atoms with Gasteiger partial charge in [-0.25, -0.2) is 13.2 Å². The summed E-state index contributed by atoms with van der Waals surface area (Å²) in [6.07, 6.45) is 3.00. The Morgan fingerprint density at radius 2 is 1.90 bits per heavy atom. The van der Waals surface area contributed by atoms with Crippen LogP contribution in [0.15, 0.2) is 27.7 Å². The predicted molar refractivity (Wildman–Crippen MR) is 108 cm³/mol. The molecule has 2 aromatic heterocycles. The van der Waals surface area contributed by atoms with E-state index in [0.29, 0.717) is 18.8 Å². The monoisotopic (exact) mass is 438 g/mol. The molecule has 1 N–H and O–H groups in total. The number of hydrogen-bond donors (Lipinski definition) is 1. The minimum atomic E-state index is -3.65. The molecule has 2 aromatic rings. The fourth-order valence-electron chi connectivity index (χ4n) is 3.02. The fourth-order valence-corrected chi connectivity index (χ4v) is 4.61. The van der Waals surface area contributed by atoms with Crippen LogP contribution in [-0.2, 0) is 32.0 Å². The molecular weight excluding hydrogens is 412 g/mol. The lowest BCUT2D eigenvalue weighted by Crippen LogP contribution is -2.27. The average Bonchev–Trinajstić information content (AvgIpc) is 3.39. The highest BCUT2D eigenvalue weighted by molar-refractivity contribution is 7.89. The van der Waals surface area contributed by atoms with Crippen LogP contribution in [0.4, 0.5) is 5.88 Å². The SMILES string of the molecule is Cn1cc(S(=O)(=O)N2CCCC2)cc1C(=O)OCC(=O)Nc1cc(C(C)(C)C)no1. The molecule has 30 heavy (non-hydrogen) atoms. The van der Waals surface area contributed by atoms with Crippen LogP contribution < -0.4 is 5.32 Å². The van der Waals surface area contributed by atoms with Gasteiger partial charge in [0.2, 0.25) is 15.9 Å². The van der Waals surface area contributed by atoms with Gasteiger partial charge in [-0.05, 0) is 18.9 Å². The second-order valence-electron chi connectivity index (χ2n) is 8.23. The van der Waals surface area contributed by atoms with E-state index >= 15 is 0 Å². The van der Waals surface area contributed by atoms with Crippen molar-refractivity contribution in [2.45, 2.75) is 43.9 Å². The highest BCUT2D eigenvalue weighted by Crippen LogP contribution is 2.24. The number of rotatable bonds is 6. The number of amides is 1. The topological polar surface area (TPSA) is 124 Å². The molecule has 10 nitrogen and oxygen atoms in total. The molecule has 0 aromatic carbocycles. The fraction of sp³-hybridized carbons (Fsp3) is 0.526. The molecule has 0 atom stereocenters. The number of nitrogens with one attached hydrogen (secondary N) is 1. The quantitative estimate of drug-likeness (QED) is 0.683. The molecule has 0 bridgehead atoms. The van der Waals surface area contributed by atoms with Crippen molar-refractivity contribution in [3.05, 3.63) is 29.7 Å². The summed E-state index contributed by atoms with van der Waals surface area (Å²) in [6, 6.07) is 2.87. The normalized spacial score (nSPS) is 15.3. The average molecular weight is 439 g/mol. The molecule has 11 heteroatoms. The molecule has 1 fully saturated rings. The summed E-state index contributed by atoms with van der Waals surface area (Å²) in [7, 11) is -2.11. The van der Waals surface area contributed by atoms with E-state index in [1.807, 2.05) is 20.8 Å². The minimum Gasteiger partial charge on any atom is -0.451 e. The highest BCUT2D eigenvalue weighted by Gasteiger charge is 2.30. The molecule has 0 aliphatic carbocycles. The first-order valence-corrected chi connectivity index (χ1v) is 11.0. The Morgan fingerprint density at radius 1 is 1.23 bits per heavy atom. The molecule has 3 rings (SSSR count). The van der Waals surface area contributed by atoms with E-state index in [-0.39, 0.29) is 21.9 Å². The largest absolute Gasteiger partial charge is 0.451 e. The molecule has 1 aliphatic heterocycles. The summed E-state index contributed by atoms with van der Waals surface area (Å²) in [5.41, 5.74) is 0.471. The van der Waals surface area contributed by atoms with E-state index in [9.17, 15) is 18.0 Å². The molecule has 1 saturated heterocycles. The third-order valence-corrected chi connectivity index (χ3v) is 6.63. The number of anilines is 1. The van der Waals surface area contributed by atoms with Gasteiger partial charge in [0.05, 0.1) is 5.69 Å². The van der Waals surface area contributed by atoms with Crippen LogP contribution in [0.25, 0.3) is 0 Å². The van der Waals surface area contributed by atoms with E-state index in [4.69, 9.17) is 9.26 Å². The Hall–Kier alpha value is -2.66. The lowest BCUT2D eigenvalue weighted by molar-refractivity contribution is -0.119. The second kappa shape index (κ2) is 8.23. The van der Waals surface area contributed by atoms with Crippen LogP contribution in [0.2, 0.25) is 0 Å². The van der Waals surface area contributed by atoms with E-state index < -0.39 is 28.5 Å². The zero-order chi connectivity index (χ0) is 22.1. The summed E-state index contributed by atoms with van der Waals surface area (Å²) < 4.78 is 38.1. The molecule has 3 heterocycles. The van der Waals surface area contributed by atoms with Gasteiger partial charge in [0.15, 0.2) is 6.61 Å². The standard InChI is InChI=1S/C19H26N4O6S/c1-19(2,3)15-10-17(29-21-15)20-16(24)12-28-18(25)14-9-13(11-22(14)4)30(26,27)23-7-5-6-8-23/h9-11H,5-8,12H2,1-4H3,(H,20,24). The number of carbonyl (C=O) groups excluding carboxylic acids is 2. The Bertz CT molecular complexity index is 1040. The number of aromatic nitrogens is 2. The van der Waals surface area contributed by atoms with E-state index in [0.717, 1.165) is 12.8 Å². The van der Waals surface area contributed by atoms with Crippen LogP contribution in [0, 0.1) is 0 Å². The molecule has 1 aliphatic rings. The summed E-state index contributed by atoms with van der Waals surface area (Å²) in [5.74, 6) is -1.25. The first-order valence-electron chi connectivity index (χ1n) is 9.59. The maximum Gasteiger partial charge on any atom is 0.355 e. The summed E-state index contributed by atoms with van der Waals surface area (Å²) in [6.45, 7) is 6.25. The Morgan fingerprint density at radius 3 is 2.50 bits per heavy atom. The van der Waals surface area contributed by atoms with E-state index in [1.54, 1.807) is 13.1 Å². The molecule has 0 spiro atoms. The molecular formula is C19H26N4O6S. The molecule has 0 radical (unpaired) electrons. The maximum atomic E-state index is 12.6. The number of aryl methyl sites for hydroxylation is 1. The van der Waals surface area contributed by atoms with Crippen molar-refractivity contribution in [2.24, 2.45) is 7.05 Å². The van der Waals surface area contributed by atoms with Gasteiger partial charge in [-0.1, -0.05) is 25.9 Å². The number of hydrogen-bond acceptors (Lipinski definition) is 7. The van der Waals surface area contributed by atoms with Crippen LogP contribution in [0.1, 0.15) is 49.8 Å². The van der Waals surface area contributed by atoms with Gasteiger partial charge < -0.3 is 13.8 Å². The smallest absolute Gasteiger partial charge is 0.355 e. The van der Waals surface area contributed by atoms with Crippen molar-refractivity contribution in [3.63, 3.8) is 0 Å². The van der Waals surface area contributed by atoms with E-state index in [2.05, 4.69) is 10.5 Å². The lowest BCUT2D eigenvalue weighted by Gasteiger charge is -2.13.